The van der Waals surface area contributed by atoms with Crippen LogP contribution in [0.3, 0.4) is 0 Å². The molecule has 1 saturated heterocycles. The molecule has 0 aromatic rings. The van der Waals surface area contributed by atoms with E-state index < -0.39 is 0 Å². The second kappa shape index (κ2) is 1.46. The van der Waals surface area contributed by atoms with E-state index in [0.717, 1.165) is 0 Å². The Balaban J connectivity index is 2.20. The van der Waals surface area contributed by atoms with Gasteiger partial charge in [0.05, 0.1) is 12.2 Å². The molecular formula is C5H10O2. The highest BCUT2D eigenvalue weighted by Gasteiger charge is 2.37. The Morgan fingerprint density at radius 2 is 2.14 bits per heavy atom. The topological polar surface area (TPSA) is 32.8 Å². The van der Waals surface area contributed by atoms with E-state index in [1.807, 2.05) is 6.92 Å². The second-order valence-electron chi connectivity index (χ2n) is 2.05. The Labute approximate surface area is 43.1 Å². The van der Waals surface area contributed by atoms with E-state index in [9.17, 15) is 0 Å². The third kappa shape index (κ3) is 0.924. The Morgan fingerprint density at radius 3 is 2.14 bits per heavy atom. The quantitative estimate of drug-likeness (QED) is 0.478. The number of hydrogen-bond donors (Lipinski definition) is 1. The molecular weight excluding hydrogens is 92.1 g/mol. The van der Waals surface area contributed by atoms with Gasteiger partial charge in [-0.25, -0.2) is 0 Å². The fourth-order valence-corrected chi connectivity index (χ4v) is 0.708. The first-order valence-electron chi connectivity index (χ1n) is 2.55. The predicted molar refractivity (Wildman–Crippen MR) is 26.0 cm³/mol. The van der Waals surface area contributed by atoms with Gasteiger partial charge in [0.25, 0.3) is 0 Å². The molecule has 3 atom stereocenters. The van der Waals surface area contributed by atoms with Crippen LogP contribution >= 0.6 is 0 Å². The van der Waals surface area contributed by atoms with E-state index in [4.69, 9.17) is 9.84 Å². The average molecular weight is 102 g/mol. The van der Waals surface area contributed by atoms with Gasteiger partial charge in [0.2, 0.25) is 0 Å². The normalized spacial score (nSPS) is 43.3. The molecule has 1 aliphatic heterocycles. The number of ether oxygens (including phenoxy) is 1. The molecule has 0 aromatic carbocycles. The minimum atomic E-state index is -0.282. The molecule has 0 radical (unpaired) electrons. The molecule has 1 unspecified atom stereocenters. The van der Waals surface area contributed by atoms with Gasteiger partial charge in [-0.15, -0.1) is 0 Å². The van der Waals surface area contributed by atoms with Gasteiger partial charge >= 0.3 is 0 Å². The molecule has 1 aliphatic rings. The zero-order valence-corrected chi connectivity index (χ0v) is 4.59. The molecule has 0 bridgehead atoms. The highest BCUT2D eigenvalue weighted by molar-refractivity contribution is 4.84. The lowest BCUT2D eigenvalue weighted by Crippen LogP contribution is -2.09. The van der Waals surface area contributed by atoms with Crippen molar-refractivity contribution in [3.05, 3.63) is 0 Å². The molecule has 0 aliphatic carbocycles. The minimum absolute atomic E-state index is 0.125. The van der Waals surface area contributed by atoms with Crippen molar-refractivity contribution in [2.24, 2.45) is 0 Å². The number of epoxide rings is 1. The molecule has 2 heteroatoms. The van der Waals surface area contributed by atoms with Crippen LogP contribution in [0, 0.1) is 0 Å². The Bertz CT molecular complexity index is 70.5. The number of aliphatic hydroxyl groups excluding tert-OH is 1. The molecule has 42 valence electrons. The first-order valence-corrected chi connectivity index (χ1v) is 2.55. The maximum Gasteiger partial charge on any atom is 0.109 e. The lowest BCUT2D eigenvalue weighted by molar-refractivity contribution is 0.152. The van der Waals surface area contributed by atoms with E-state index in [0.29, 0.717) is 6.10 Å². The van der Waals surface area contributed by atoms with Crippen molar-refractivity contribution in [3.8, 4) is 0 Å². The Hall–Kier alpha value is -0.0800. The monoisotopic (exact) mass is 102 g/mol. The largest absolute Gasteiger partial charge is 0.391 e. The number of rotatable bonds is 1. The maximum atomic E-state index is 8.74. The SMILES string of the molecule is CC(O)[C@H]1O[C@@H]1C. The van der Waals surface area contributed by atoms with Gasteiger partial charge in [0, 0.05) is 0 Å². The molecule has 1 N–H and O–H groups in total. The lowest BCUT2D eigenvalue weighted by atomic mass is 10.2. The second-order valence-corrected chi connectivity index (χ2v) is 2.05. The summed E-state index contributed by atoms with van der Waals surface area (Å²) in [5, 5.41) is 8.74. The third-order valence-electron chi connectivity index (χ3n) is 1.23. The average Bonchev–Trinajstić information content (AvgIpc) is 2.17. The lowest BCUT2D eigenvalue weighted by Gasteiger charge is -1.92. The van der Waals surface area contributed by atoms with Crippen LogP contribution in [0.5, 0.6) is 0 Å². The number of hydrogen-bond acceptors (Lipinski definition) is 2. The van der Waals surface area contributed by atoms with E-state index >= 15 is 0 Å². The van der Waals surface area contributed by atoms with Crippen molar-refractivity contribution in [1.29, 1.82) is 0 Å². The summed E-state index contributed by atoms with van der Waals surface area (Å²) in [4.78, 5) is 0. The standard InChI is InChI=1S/C5H10O2/c1-3(6)5-4(2)7-5/h3-6H,1-2H3/t3?,4-,5-/m1/s1. The fraction of sp³-hybridized carbons (Fsp3) is 1.00. The zero-order valence-electron chi connectivity index (χ0n) is 4.59. The third-order valence-corrected chi connectivity index (χ3v) is 1.23. The maximum absolute atomic E-state index is 8.74. The summed E-state index contributed by atoms with van der Waals surface area (Å²) in [5.41, 5.74) is 0. The van der Waals surface area contributed by atoms with E-state index in [1.54, 1.807) is 6.92 Å². The molecule has 0 aromatic heterocycles. The fourth-order valence-electron chi connectivity index (χ4n) is 0.708. The van der Waals surface area contributed by atoms with Crippen LogP contribution in [0.15, 0.2) is 0 Å². The van der Waals surface area contributed by atoms with Crippen molar-refractivity contribution in [2.45, 2.75) is 32.2 Å². The van der Waals surface area contributed by atoms with Crippen LogP contribution in [-0.4, -0.2) is 23.4 Å². The Kier molecular flexibility index (Phi) is 1.05. The van der Waals surface area contributed by atoms with Crippen LogP contribution < -0.4 is 0 Å². The molecule has 1 heterocycles. The first kappa shape index (κ1) is 5.06. The van der Waals surface area contributed by atoms with Crippen molar-refractivity contribution in [3.63, 3.8) is 0 Å². The van der Waals surface area contributed by atoms with E-state index in [-0.39, 0.29) is 12.2 Å². The molecule has 2 nitrogen and oxygen atoms in total. The van der Waals surface area contributed by atoms with E-state index in [2.05, 4.69) is 0 Å². The molecule has 0 amide bonds. The zero-order chi connectivity index (χ0) is 5.44. The Morgan fingerprint density at radius 1 is 1.71 bits per heavy atom. The highest BCUT2D eigenvalue weighted by Crippen LogP contribution is 2.23. The number of aliphatic hydroxyl groups is 1. The summed E-state index contributed by atoms with van der Waals surface area (Å²) in [6.45, 7) is 3.70. The van der Waals surface area contributed by atoms with Crippen LogP contribution in [0.25, 0.3) is 0 Å². The van der Waals surface area contributed by atoms with Crippen molar-refractivity contribution in [1.82, 2.24) is 0 Å². The van der Waals surface area contributed by atoms with Gasteiger partial charge in [-0.05, 0) is 13.8 Å². The predicted octanol–water partition coefficient (Wildman–Crippen LogP) is 0.155. The summed E-state index contributed by atoms with van der Waals surface area (Å²) in [6.07, 6.45) is 0.134. The van der Waals surface area contributed by atoms with Crippen molar-refractivity contribution in [2.75, 3.05) is 0 Å². The van der Waals surface area contributed by atoms with Crippen LogP contribution in [0.2, 0.25) is 0 Å². The van der Waals surface area contributed by atoms with Gasteiger partial charge in [-0.1, -0.05) is 0 Å². The van der Waals surface area contributed by atoms with Gasteiger partial charge < -0.3 is 9.84 Å². The first-order chi connectivity index (χ1) is 3.22. The van der Waals surface area contributed by atoms with Gasteiger partial charge in [-0.3, -0.25) is 0 Å². The van der Waals surface area contributed by atoms with Crippen molar-refractivity contribution >= 4 is 0 Å². The summed E-state index contributed by atoms with van der Waals surface area (Å²) in [5.74, 6) is 0. The van der Waals surface area contributed by atoms with Crippen LogP contribution in [0.1, 0.15) is 13.8 Å². The smallest absolute Gasteiger partial charge is 0.109 e. The van der Waals surface area contributed by atoms with Gasteiger partial charge in [0.1, 0.15) is 6.10 Å². The van der Waals surface area contributed by atoms with Gasteiger partial charge in [0.15, 0.2) is 0 Å². The van der Waals surface area contributed by atoms with Crippen LogP contribution in [-0.2, 0) is 4.74 Å². The highest BCUT2D eigenvalue weighted by atomic mass is 16.6. The van der Waals surface area contributed by atoms with Crippen LogP contribution in [0.4, 0.5) is 0 Å². The van der Waals surface area contributed by atoms with Crippen molar-refractivity contribution < 1.29 is 9.84 Å². The molecule has 0 saturated carbocycles. The minimum Gasteiger partial charge on any atom is -0.391 e. The summed E-state index contributed by atoms with van der Waals surface area (Å²) in [7, 11) is 0. The molecule has 1 rings (SSSR count). The summed E-state index contributed by atoms with van der Waals surface area (Å²) in [6, 6.07) is 0. The molecule has 1 fully saturated rings. The van der Waals surface area contributed by atoms with Gasteiger partial charge in [-0.2, -0.15) is 0 Å². The summed E-state index contributed by atoms with van der Waals surface area (Å²) >= 11 is 0. The van der Waals surface area contributed by atoms with E-state index in [1.165, 1.54) is 0 Å². The summed E-state index contributed by atoms with van der Waals surface area (Å²) < 4.78 is 4.93. The molecule has 0 spiro atoms. The molecule has 7 heavy (non-hydrogen) atoms.